The maximum absolute atomic E-state index is 12.5. The first-order valence-electron chi connectivity index (χ1n) is 6.03. The number of aromatic nitrogens is 2. The van der Waals surface area contributed by atoms with Gasteiger partial charge in [-0.25, -0.2) is 23.5 Å². The number of carboxylic acids is 1. The lowest BCUT2D eigenvalue weighted by Crippen LogP contribution is -2.19. The van der Waals surface area contributed by atoms with Crippen molar-refractivity contribution < 1.29 is 23.5 Å². The fourth-order valence-electron chi connectivity index (χ4n) is 1.28. The molecule has 0 radical (unpaired) electrons. The van der Waals surface area contributed by atoms with Gasteiger partial charge < -0.3 is 21.9 Å². The van der Waals surface area contributed by atoms with E-state index in [2.05, 4.69) is 15.3 Å². The minimum Gasteiger partial charge on any atom is -0.477 e. The molecule has 2 aromatic rings. The summed E-state index contributed by atoms with van der Waals surface area (Å²) in [4.78, 5) is 28.0. The fraction of sp³-hybridized carbons (Fsp3) is 0.0769. The molecule has 6 N–H and O–H groups in total. The molecule has 2 heterocycles. The highest BCUT2D eigenvalue weighted by atomic mass is 19.1. The van der Waals surface area contributed by atoms with Crippen LogP contribution in [0.15, 0.2) is 24.5 Å². The first kappa shape index (κ1) is 17.8. The number of rotatable bonds is 2. The van der Waals surface area contributed by atoms with Crippen molar-refractivity contribution >= 4 is 23.3 Å². The largest absolute Gasteiger partial charge is 0.477 e. The van der Waals surface area contributed by atoms with Crippen molar-refractivity contribution in [1.29, 1.82) is 0 Å². The van der Waals surface area contributed by atoms with E-state index in [1.807, 2.05) is 0 Å². The highest BCUT2D eigenvalue weighted by Gasteiger charge is 2.07. The van der Waals surface area contributed by atoms with E-state index in [0.29, 0.717) is 0 Å². The smallest absolute Gasteiger partial charge is 0.354 e. The summed E-state index contributed by atoms with van der Waals surface area (Å²) < 4.78 is 24.9. The molecule has 8 nitrogen and oxygen atoms in total. The van der Waals surface area contributed by atoms with Gasteiger partial charge in [0.1, 0.15) is 11.4 Å². The third-order valence-electron chi connectivity index (χ3n) is 2.45. The predicted octanol–water partition coefficient (Wildman–Crippen LogP) is 0.664. The zero-order valence-corrected chi connectivity index (χ0v) is 11.9. The van der Waals surface area contributed by atoms with Gasteiger partial charge >= 0.3 is 5.97 Å². The van der Waals surface area contributed by atoms with Crippen LogP contribution in [0.5, 0.6) is 0 Å². The van der Waals surface area contributed by atoms with E-state index in [4.69, 9.17) is 16.6 Å². The Bertz CT molecular complexity index is 740. The van der Waals surface area contributed by atoms with Gasteiger partial charge in [-0.2, -0.15) is 0 Å². The third kappa shape index (κ3) is 4.88. The number of nitrogens with two attached hydrogens (primary N) is 2. The van der Waals surface area contributed by atoms with Crippen molar-refractivity contribution in [2.75, 3.05) is 18.5 Å². The number of hydrogen-bond donors (Lipinski definition) is 4. The number of halogens is 2. The second-order valence-corrected chi connectivity index (χ2v) is 4.07. The Morgan fingerprint density at radius 2 is 1.48 bits per heavy atom. The molecule has 23 heavy (non-hydrogen) atoms. The Morgan fingerprint density at radius 1 is 1.04 bits per heavy atom. The Kier molecular flexibility index (Phi) is 5.89. The second kappa shape index (κ2) is 7.64. The van der Waals surface area contributed by atoms with E-state index < -0.39 is 17.6 Å². The Labute approximate surface area is 129 Å². The fourth-order valence-corrected chi connectivity index (χ4v) is 1.28. The molecule has 2 rings (SSSR count). The lowest BCUT2D eigenvalue weighted by atomic mass is 10.3. The van der Waals surface area contributed by atoms with E-state index >= 15 is 0 Å². The van der Waals surface area contributed by atoms with Crippen molar-refractivity contribution in [1.82, 2.24) is 15.3 Å². The van der Waals surface area contributed by atoms with Gasteiger partial charge in [-0.05, 0) is 12.1 Å². The van der Waals surface area contributed by atoms with E-state index in [-0.39, 0.29) is 28.7 Å². The monoisotopic (exact) mass is 325 g/mol. The molecule has 0 bridgehead atoms. The SMILES string of the molecule is CNC(=O)c1cc(N)c(F)cn1.Nc1cc(C(=O)O)ncc1F. The average molecular weight is 325 g/mol. The van der Waals surface area contributed by atoms with Crippen LogP contribution in [0.25, 0.3) is 0 Å². The number of carbonyl (C=O) groups is 2. The molecular formula is C13H13F2N5O3. The Balaban J connectivity index is 0.000000231. The first-order valence-corrected chi connectivity index (χ1v) is 6.03. The molecule has 0 spiro atoms. The van der Waals surface area contributed by atoms with Crippen LogP contribution in [0.4, 0.5) is 20.2 Å². The topological polar surface area (TPSA) is 144 Å². The molecule has 0 aliphatic heterocycles. The van der Waals surface area contributed by atoms with E-state index in [1.165, 1.54) is 13.1 Å². The number of amides is 1. The van der Waals surface area contributed by atoms with Crippen molar-refractivity contribution in [2.24, 2.45) is 0 Å². The molecule has 0 unspecified atom stereocenters. The summed E-state index contributed by atoms with van der Waals surface area (Å²) in [5.41, 5.74) is 9.85. The number of aromatic carboxylic acids is 1. The zero-order valence-electron chi connectivity index (χ0n) is 11.9. The minimum atomic E-state index is -1.23. The van der Waals surface area contributed by atoms with Gasteiger partial charge in [0.15, 0.2) is 11.6 Å². The second-order valence-electron chi connectivity index (χ2n) is 4.07. The number of carboxylic acid groups (broad SMARTS) is 1. The van der Waals surface area contributed by atoms with E-state index in [1.54, 1.807) is 0 Å². The zero-order chi connectivity index (χ0) is 17.6. The van der Waals surface area contributed by atoms with Gasteiger partial charge in [0.2, 0.25) is 0 Å². The van der Waals surface area contributed by atoms with Crippen molar-refractivity contribution in [3.05, 3.63) is 47.5 Å². The normalized spacial score (nSPS) is 9.52. The van der Waals surface area contributed by atoms with Crippen LogP contribution in [0.1, 0.15) is 21.0 Å². The number of nitrogen functional groups attached to an aromatic ring is 2. The molecule has 0 aromatic carbocycles. The minimum absolute atomic E-state index is 0.0800. The molecule has 10 heteroatoms. The van der Waals surface area contributed by atoms with Crippen LogP contribution in [0.2, 0.25) is 0 Å². The van der Waals surface area contributed by atoms with Gasteiger partial charge in [-0.1, -0.05) is 0 Å². The predicted molar refractivity (Wildman–Crippen MR) is 77.6 cm³/mol. The van der Waals surface area contributed by atoms with Crippen molar-refractivity contribution in [3.63, 3.8) is 0 Å². The van der Waals surface area contributed by atoms with E-state index in [9.17, 15) is 18.4 Å². The summed E-state index contributed by atoms with van der Waals surface area (Å²) in [5, 5.41) is 10.7. The van der Waals surface area contributed by atoms with Gasteiger partial charge in [0.05, 0.1) is 23.8 Å². The Hall–Kier alpha value is -3.30. The molecule has 0 saturated carbocycles. The van der Waals surface area contributed by atoms with Gasteiger partial charge in [-0.15, -0.1) is 0 Å². The van der Waals surface area contributed by atoms with Crippen LogP contribution in [-0.4, -0.2) is 34.0 Å². The number of nitrogens with one attached hydrogen (secondary N) is 1. The van der Waals surface area contributed by atoms with Crippen LogP contribution >= 0.6 is 0 Å². The van der Waals surface area contributed by atoms with Crippen molar-refractivity contribution in [2.45, 2.75) is 0 Å². The quantitative estimate of drug-likeness (QED) is 0.635. The standard InChI is InChI=1S/C7H8FN3O.C6H5FN2O2/c1-10-7(12)6-2-5(9)4(8)3-11-6;7-3-2-9-5(6(10)11)1-4(3)8/h2-3H,1H3,(H2,9,11)(H,10,12);1-2H,(H2,8,9)(H,10,11). The highest BCUT2D eigenvalue weighted by molar-refractivity contribution is 5.92. The molecule has 0 aliphatic carbocycles. The summed E-state index contributed by atoms with van der Waals surface area (Å²) in [7, 11) is 1.46. The lowest BCUT2D eigenvalue weighted by molar-refractivity contribution is 0.0690. The number of hydrogen-bond acceptors (Lipinski definition) is 6. The summed E-state index contributed by atoms with van der Waals surface area (Å²) in [5.74, 6) is -2.95. The van der Waals surface area contributed by atoms with Crippen molar-refractivity contribution in [3.8, 4) is 0 Å². The lowest BCUT2D eigenvalue weighted by Gasteiger charge is -1.99. The molecule has 0 fully saturated rings. The highest BCUT2D eigenvalue weighted by Crippen LogP contribution is 2.09. The maximum Gasteiger partial charge on any atom is 0.354 e. The van der Waals surface area contributed by atoms with Crippen LogP contribution in [0, 0.1) is 11.6 Å². The average Bonchev–Trinajstić information content (AvgIpc) is 2.52. The third-order valence-corrected chi connectivity index (χ3v) is 2.45. The summed E-state index contributed by atoms with van der Waals surface area (Å²) in [6.07, 6.45) is 1.69. The molecular weight excluding hydrogens is 312 g/mol. The van der Waals surface area contributed by atoms with E-state index in [0.717, 1.165) is 18.5 Å². The first-order chi connectivity index (χ1) is 10.8. The number of anilines is 2. The number of carbonyl (C=O) groups excluding carboxylic acids is 1. The van der Waals surface area contributed by atoms with Crippen LogP contribution in [0.3, 0.4) is 0 Å². The van der Waals surface area contributed by atoms with Gasteiger partial charge in [0.25, 0.3) is 5.91 Å². The molecule has 0 saturated heterocycles. The molecule has 122 valence electrons. The molecule has 1 amide bonds. The summed E-state index contributed by atoms with van der Waals surface area (Å²) in [6, 6.07) is 2.16. The molecule has 0 aliphatic rings. The summed E-state index contributed by atoms with van der Waals surface area (Å²) >= 11 is 0. The maximum atomic E-state index is 12.5. The van der Waals surface area contributed by atoms with Gasteiger partial charge in [0, 0.05) is 7.05 Å². The summed E-state index contributed by atoms with van der Waals surface area (Å²) in [6.45, 7) is 0. The Morgan fingerprint density at radius 3 is 1.87 bits per heavy atom. The van der Waals surface area contributed by atoms with Crippen LogP contribution in [-0.2, 0) is 0 Å². The van der Waals surface area contributed by atoms with Crippen LogP contribution < -0.4 is 16.8 Å². The van der Waals surface area contributed by atoms with Gasteiger partial charge in [-0.3, -0.25) is 4.79 Å². The molecule has 2 aromatic heterocycles. The number of nitrogens with zero attached hydrogens (tertiary/aromatic N) is 2. The molecule has 0 atom stereocenters. The number of pyridine rings is 2.